The van der Waals surface area contributed by atoms with Gasteiger partial charge in [0.05, 0.1) is 6.54 Å². The molecule has 1 heterocycles. The standard InChI is InChI=1S/C14H22N4OS/c1-4-18(5-2)12(19)10-17(3)9-11-7-6-8-16-13(11)14(15)20/h6-8H,4-5,9-10H2,1-3H3,(H2,15,20). The van der Waals surface area contributed by atoms with Gasteiger partial charge >= 0.3 is 0 Å². The fraction of sp³-hybridized carbons (Fsp3) is 0.500. The number of rotatable bonds is 7. The first-order chi connectivity index (χ1) is 9.49. The predicted molar refractivity (Wildman–Crippen MR) is 84.4 cm³/mol. The van der Waals surface area contributed by atoms with Gasteiger partial charge in [-0.1, -0.05) is 18.3 Å². The van der Waals surface area contributed by atoms with Crippen LogP contribution in [0.1, 0.15) is 25.1 Å². The number of amides is 1. The van der Waals surface area contributed by atoms with Crippen LogP contribution in [-0.4, -0.2) is 52.4 Å². The van der Waals surface area contributed by atoms with Gasteiger partial charge in [-0.3, -0.25) is 14.7 Å². The van der Waals surface area contributed by atoms with E-state index in [9.17, 15) is 4.79 Å². The fourth-order valence-corrected chi connectivity index (χ4v) is 2.23. The van der Waals surface area contributed by atoms with E-state index in [-0.39, 0.29) is 10.9 Å². The topological polar surface area (TPSA) is 62.5 Å². The molecular formula is C14H22N4OS. The van der Waals surface area contributed by atoms with Crippen molar-refractivity contribution in [2.45, 2.75) is 20.4 Å². The average Bonchev–Trinajstić information content (AvgIpc) is 2.40. The lowest BCUT2D eigenvalue weighted by Gasteiger charge is -2.23. The third kappa shape index (κ3) is 4.54. The molecule has 0 fully saturated rings. The van der Waals surface area contributed by atoms with Crippen LogP contribution in [0.2, 0.25) is 0 Å². The molecule has 110 valence electrons. The lowest BCUT2D eigenvalue weighted by Crippen LogP contribution is -2.38. The molecule has 0 aromatic carbocycles. The molecule has 0 radical (unpaired) electrons. The Morgan fingerprint density at radius 3 is 2.60 bits per heavy atom. The molecule has 6 heteroatoms. The van der Waals surface area contributed by atoms with Gasteiger partial charge < -0.3 is 10.6 Å². The quantitative estimate of drug-likeness (QED) is 0.761. The Morgan fingerprint density at radius 1 is 1.40 bits per heavy atom. The molecule has 2 N–H and O–H groups in total. The minimum Gasteiger partial charge on any atom is -0.388 e. The van der Waals surface area contributed by atoms with E-state index in [2.05, 4.69) is 4.98 Å². The van der Waals surface area contributed by atoms with Crippen LogP contribution in [0, 0.1) is 0 Å². The monoisotopic (exact) mass is 294 g/mol. The molecule has 0 aliphatic heterocycles. The van der Waals surface area contributed by atoms with Crippen LogP contribution in [0.15, 0.2) is 18.3 Å². The minimum absolute atomic E-state index is 0.123. The number of nitrogens with zero attached hydrogens (tertiary/aromatic N) is 3. The molecule has 1 amide bonds. The van der Waals surface area contributed by atoms with Gasteiger partial charge in [0.1, 0.15) is 10.7 Å². The van der Waals surface area contributed by atoms with Crippen LogP contribution in [0.3, 0.4) is 0 Å². The number of nitrogens with two attached hydrogens (primary N) is 1. The van der Waals surface area contributed by atoms with Crippen LogP contribution in [-0.2, 0) is 11.3 Å². The second-order valence-corrected chi connectivity index (χ2v) is 5.05. The molecule has 0 aliphatic carbocycles. The number of thiocarbonyl (C=S) groups is 1. The van der Waals surface area contributed by atoms with Crippen LogP contribution in [0.5, 0.6) is 0 Å². The summed E-state index contributed by atoms with van der Waals surface area (Å²) in [5, 5.41) is 0. The van der Waals surface area contributed by atoms with Gasteiger partial charge in [0.15, 0.2) is 0 Å². The Morgan fingerprint density at radius 2 is 2.05 bits per heavy atom. The summed E-state index contributed by atoms with van der Waals surface area (Å²) in [6.07, 6.45) is 1.67. The number of carbonyl (C=O) groups is 1. The van der Waals surface area contributed by atoms with Crippen molar-refractivity contribution in [1.29, 1.82) is 0 Å². The number of hydrogen-bond acceptors (Lipinski definition) is 4. The highest BCUT2D eigenvalue weighted by Gasteiger charge is 2.14. The Balaban J connectivity index is 2.69. The highest BCUT2D eigenvalue weighted by atomic mass is 32.1. The average molecular weight is 294 g/mol. The molecule has 20 heavy (non-hydrogen) atoms. The van der Waals surface area contributed by atoms with E-state index in [4.69, 9.17) is 18.0 Å². The van der Waals surface area contributed by atoms with Crippen molar-refractivity contribution in [2.24, 2.45) is 5.73 Å². The van der Waals surface area contributed by atoms with Gasteiger partial charge in [-0.2, -0.15) is 0 Å². The second kappa shape index (κ2) is 7.91. The van der Waals surface area contributed by atoms with Crippen molar-refractivity contribution in [3.05, 3.63) is 29.6 Å². The third-order valence-corrected chi connectivity index (χ3v) is 3.28. The molecule has 1 rings (SSSR count). The molecule has 0 aliphatic rings. The van der Waals surface area contributed by atoms with Gasteiger partial charge in [0, 0.05) is 25.8 Å². The molecule has 0 spiro atoms. The van der Waals surface area contributed by atoms with Crippen LogP contribution < -0.4 is 5.73 Å². The summed E-state index contributed by atoms with van der Waals surface area (Å²) in [6, 6.07) is 3.77. The predicted octanol–water partition coefficient (Wildman–Crippen LogP) is 1.02. The summed E-state index contributed by atoms with van der Waals surface area (Å²) in [5.74, 6) is 0.123. The summed E-state index contributed by atoms with van der Waals surface area (Å²) in [4.78, 5) is 20.3. The van der Waals surface area contributed by atoms with Crippen molar-refractivity contribution >= 4 is 23.1 Å². The number of pyridine rings is 1. The van der Waals surface area contributed by atoms with Gasteiger partial charge in [-0.05, 0) is 32.5 Å². The van der Waals surface area contributed by atoms with Crippen molar-refractivity contribution in [2.75, 3.05) is 26.7 Å². The van der Waals surface area contributed by atoms with E-state index < -0.39 is 0 Å². The maximum atomic E-state index is 12.0. The van der Waals surface area contributed by atoms with Crippen molar-refractivity contribution in [1.82, 2.24) is 14.8 Å². The smallest absolute Gasteiger partial charge is 0.236 e. The summed E-state index contributed by atoms with van der Waals surface area (Å²) < 4.78 is 0. The van der Waals surface area contributed by atoms with Gasteiger partial charge in [0.25, 0.3) is 0 Å². The minimum atomic E-state index is 0.123. The molecular weight excluding hydrogens is 272 g/mol. The molecule has 5 nitrogen and oxygen atoms in total. The molecule has 0 bridgehead atoms. The highest BCUT2D eigenvalue weighted by molar-refractivity contribution is 7.80. The number of carbonyl (C=O) groups excluding carboxylic acids is 1. The summed E-state index contributed by atoms with van der Waals surface area (Å²) in [5.41, 5.74) is 7.23. The highest BCUT2D eigenvalue weighted by Crippen LogP contribution is 2.08. The first-order valence-electron chi connectivity index (χ1n) is 6.69. The zero-order valence-electron chi connectivity index (χ0n) is 12.3. The molecule has 1 aromatic heterocycles. The molecule has 1 aromatic rings. The first-order valence-corrected chi connectivity index (χ1v) is 7.10. The second-order valence-electron chi connectivity index (χ2n) is 4.61. The Bertz CT molecular complexity index is 474. The van der Waals surface area contributed by atoms with Crippen LogP contribution >= 0.6 is 12.2 Å². The van der Waals surface area contributed by atoms with Gasteiger partial charge in [0.2, 0.25) is 5.91 Å². The van der Waals surface area contributed by atoms with E-state index in [1.807, 2.05) is 42.8 Å². The largest absolute Gasteiger partial charge is 0.388 e. The SMILES string of the molecule is CCN(CC)C(=O)CN(C)Cc1cccnc1C(N)=S. The number of likely N-dealkylation sites (N-methyl/N-ethyl adjacent to an activating group) is 2. The molecule has 0 atom stereocenters. The maximum Gasteiger partial charge on any atom is 0.236 e. The normalized spacial score (nSPS) is 10.6. The van der Waals surface area contributed by atoms with Crippen molar-refractivity contribution in [3.63, 3.8) is 0 Å². The Hall–Kier alpha value is -1.53. The van der Waals surface area contributed by atoms with E-state index in [0.717, 1.165) is 18.7 Å². The molecule has 0 saturated carbocycles. The van der Waals surface area contributed by atoms with E-state index >= 15 is 0 Å². The summed E-state index contributed by atoms with van der Waals surface area (Å²) in [7, 11) is 1.90. The van der Waals surface area contributed by atoms with Crippen LogP contribution in [0.25, 0.3) is 0 Å². The van der Waals surface area contributed by atoms with Crippen molar-refractivity contribution in [3.8, 4) is 0 Å². The Labute approximate surface area is 125 Å². The molecule has 0 unspecified atom stereocenters. The van der Waals surface area contributed by atoms with Crippen molar-refractivity contribution < 1.29 is 4.79 Å². The third-order valence-electron chi connectivity index (χ3n) is 3.09. The van der Waals surface area contributed by atoms with Gasteiger partial charge in [-0.25, -0.2) is 0 Å². The first kappa shape index (κ1) is 16.5. The van der Waals surface area contributed by atoms with E-state index in [1.54, 1.807) is 6.20 Å². The van der Waals surface area contributed by atoms with Crippen LogP contribution in [0.4, 0.5) is 0 Å². The zero-order chi connectivity index (χ0) is 15.1. The lowest BCUT2D eigenvalue weighted by molar-refractivity contribution is -0.131. The van der Waals surface area contributed by atoms with E-state index in [0.29, 0.717) is 18.8 Å². The number of hydrogen-bond donors (Lipinski definition) is 1. The fourth-order valence-electron chi connectivity index (χ4n) is 2.04. The number of aromatic nitrogens is 1. The van der Waals surface area contributed by atoms with Gasteiger partial charge in [-0.15, -0.1) is 0 Å². The zero-order valence-corrected chi connectivity index (χ0v) is 13.1. The van der Waals surface area contributed by atoms with E-state index in [1.165, 1.54) is 0 Å². The molecule has 0 saturated heterocycles. The lowest BCUT2D eigenvalue weighted by atomic mass is 10.2. The summed E-state index contributed by atoms with van der Waals surface area (Å²) in [6.45, 7) is 6.38. The maximum absolute atomic E-state index is 12.0. The summed E-state index contributed by atoms with van der Waals surface area (Å²) >= 11 is 4.99. The Kier molecular flexibility index (Phi) is 6.54.